The molecule has 1 aliphatic heterocycles. The monoisotopic (exact) mass is 644 g/mol. The molecule has 0 bridgehead atoms. The van der Waals surface area contributed by atoms with E-state index in [1.807, 2.05) is 59.4 Å². The van der Waals surface area contributed by atoms with E-state index in [0.29, 0.717) is 46.1 Å². The number of ether oxygens (including phenoxy) is 4. The zero-order valence-corrected chi connectivity index (χ0v) is 28.2. The Morgan fingerprint density at radius 2 is 1.74 bits per heavy atom. The lowest BCUT2D eigenvalue weighted by atomic mass is 9.87. The van der Waals surface area contributed by atoms with E-state index in [-0.39, 0.29) is 18.6 Å². The van der Waals surface area contributed by atoms with Crippen molar-refractivity contribution in [2.75, 3.05) is 32.9 Å². The van der Waals surface area contributed by atoms with Gasteiger partial charge in [-0.25, -0.2) is 4.98 Å². The van der Waals surface area contributed by atoms with E-state index < -0.39 is 14.2 Å². The summed E-state index contributed by atoms with van der Waals surface area (Å²) in [5, 5.41) is 11.7. The minimum atomic E-state index is -1.16. The molecule has 9 nitrogen and oxygen atoms in total. The highest BCUT2D eigenvalue weighted by Gasteiger charge is 2.31. The van der Waals surface area contributed by atoms with Crippen LogP contribution in [0.25, 0.3) is 11.0 Å². The first-order valence-electron chi connectivity index (χ1n) is 16.2. The molecule has 2 atom stereocenters. The predicted octanol–water partition coefficient (Wildman–Crippen LogP) is 6.05. The number of hydrogen-bond donors (Lipinski definition) is 0. The number of hydrogen-bond acceptors (Lipinski definition) is 7. The Bertz CT molecular complexity index is 1520. The number of carboxylic acid groups (broad SMARTS) is 1. The molecule has 0 saturated carbocycles. The molecule has 0 N–H and O–H groups in total. The minimum Gasteiger partial charge on any atom is -0.530 e. The van der Waals surface area contributed by atoms with Crippen molar-refractivity contribution in [3.8, 4) is 5.75 Å². The summed E-state index contributed by atoms with van der Waals surface area (Å²) in [6.45, 7) is 11.1. The molecule has 10 heteroatoms. The number of imidazole rings is 1. The van der Waals surface area contributed by atoms with Crippen molar-refractivity contribution < 1.29 is 28.8 Å². The largest absolute Gasteiger partial charge is 0.530 e. The maximum Gasteiger partial charge on any atom is 0.137 e. The molecule has 3 aromatic carbocycles. The van der Waals surface area contributed by atoms with E-state index in [4.69, 9.17) is 18.9 Å². The number of fused-ring (bicyclic) bond motifs is 1. The third-order valence-corrected chi connectivity index (χ3v) is 10.0. The number of carbonyl (C=O) groups excluding carboxylic acids is 1. The van der Waals surface area contributed by atoms with Crippen LogP contribution in [0.5, 0.6) is 5.75 Å². The SMILES string of the molecule is C[Si](C)(C)CCOCn1cnc2cc(COC3CN(C(=O)[O-])CCC3c3ccc(OCCCOCc4ccccc4)cc3)ccc21. The number of aromatic nitrogens is 2. The average Bonchev–Trinajstić information content (AvgIpc) is 3.46. The first-order valence-corrected chi connectivity index (χ1v) is 19.9. The van der Waals surface area contributed by atoms with Gasteiger partial charge < -0.3 is 38.3 Å². The predicted molar refractivity (Wildman–Crippen MR) is 179 cm³/mol. The third kappa shape index (κ3) is 9.90. The van der Waals surface area contributed by atoms with Crippen LogP contribution < -0.4 is 9.84 Å². The van der Waals surface area contributed by atoms with Crippen molar-refractivity contribution in [2.24, 2.45) is 0 Å². The Labute approximate surface area is 273 Å². The minimum absolute atomic E-state index is 0.0484. The van der Waals surface area contributed by atoms with E-state index in [2.05, 4.69) is 48.9 Å². The fourth-order valence-corrected chi connectivity index (χ4v) is 6.36. The molecule has 0 aliphatic carbocycles. The second-order valence-electron chi connectivity index (χ2n) is 13.2. The van der Waals surface area contributed by atoms with Crippen LogP contribution >= 0.6 is 0 Å². The summed E-state index contributed by atoms with van der Waals surface area (Å²) in [7, 11) is -1.13. The summed E-state index contributed by atoms with van der Waals surface area (Å²) in [6, 6.07) is 25.4. The molecule has 1 fully saturated rings. The van der Waals surface area contributed by atoms with Crippen LogP contribution in [0.2, 0.25) is 25.7 Å². The molecule has 1 saturated heterocycles. The van der Waals surface area contributed by atoms with Gasteiger partial charge in [-0.1, -0.05) is 68.2 Å². The quantitative estimate of drug-likeness (QED) is 0.108. The van der Waals surface area contributed by atoms with Gasteiger partial charge in [0.1, 0.15) is 18.6 Å². The fraction of sp³-hybridized carbons (Fsp3) is 0.444. The summed E-state index contributed by atoms with van der Waals surface area (Å²) < 4.78 is 26.0. The molecule has 246 valence electrons. The van der Waals surface area contributed by atoms with Crippen molar-refractivity contribution in [1.82, 2.24) is 14.5 Å². The highest BCUT2D eigenvalue weighted by Crippen LogP contribution is 2.32. The molecule has 5 rings (SSSR count). The van der Waals surface area contributed by atoms with Crippen LogP contribution in [0.15, 0.2) is 79.1 Å². The van der Waals surface area contributed by atoms with Crippen molar-refractivity contribution in [3.63, 3.8) is 0 Å². The van der Waals surface area contributed by atoms with Crippen LogP contribution in [0.1, 0.15) is 35.4 Å². The molecule has 1 amide bonds. The van der Waals surface area contributed by atoms with Gasteiger partial charge in [-0.15, -0.1) is 0 Å². The van der Waals surface area contributed by atoms with Crippen molar-refractivity contribution in [3.05, 3.63) is 95.8 Å². The van der Waals surface area contributed by atoms with E-state index >= 15 is 0 Å². The van der Waals surface area contributed by atoms with E-state index in [1.165, 1.54) is 4.90 Å². The van der Waals surface area contributed by atoms with E-state index in [1.54, 1.807) is 0 Å². The topological polar surface area (TPSA) is 98.1 Å². The second-order valence-corrected chi connectivity index (χ2v) is 18.8. The van der Waals surface area contributed by atoms with E-state index in [9.17, 15) is 9.90 Å². The summed E-state index contributed by atoms with van der Waals surface area (Å²) in [5.41, 5.74) is 5.14. The van der Waals surface area contributed by atoms with Gasteiger partial charge >= 0.3 is 0 Å². The van der Waals surface area contributed by atoms with Gasteiger partial charge in [0.2, 0.25) is 0 Å². The van der Waals surface area contributed by atoms with Crippen molar-refractivity contribution >= 4 is 25.2 Å². The lowest BCUT2D eigenvalue weighted by Gasteiger charge is -2.40. The van der Waals surface area contributed by atoms with Gasteiger partial charge in [0, 0.05) is 40.1 Å². The van der Waals surface area contributed by atoms with Crippen LogP contribution in [-0.2, 0) is 34.2 Å². The van der Waals surface area contributed by atoms with Crippen LogP contribution in [-0.4, -0.2) is 67.6 Å². The van der Waals surface area contributed by atoms with Gasteiger partial charge in [0.05, 0.1) is 49.9 Å². The molecule has 2 unspecified atom stereocenters. The highest BCUT2D eigenvalue weighted by atomic mass is 28.3. The zero-order chi connectivity index (χ0) is 32.4. The lowest BCUT2D eigenvalue weighted by Crippen LogP contribution is -2.51. The summed E-state index contributed by atoms with van der Waals surface area (Å²) in [6.07, 6.45) is 1.78. The molecular weight excluding hydrogens is 598 g/mol. The van der Waals surface area contributed by atoms with Crippen LogP contribution in [0, 0.1) is 0 Å². The molecule has 0 radical (unpaired) electrons. The van der Waals surface area contributed by atoms with Gasteiger partial charge in [0.25, 0.3) is 0 Å². The Balaban J connectivity index is 1.13. The summed E-state index contributed by atoms with van der Waals surface area (Å²) >= 11 is 0. The van der Waals surface area contributed by atoms with E-state index in [0.717, 1.165) is 52.5 Å². The second kappa shape index (κ2) is 16.2. The highest BCUT2D eigenvalue weighted by molar-refractivity contribution is 6.76. The third-order valence-electron chi connectivity index (χ3n) is 8.32. The number of amides is 1. The van der Waals surface area contributed by atoms with Crippen LogP contribution in [0.4, 0.5) is 4.79 Å². The Morgan fingerprint density at radius 3 is 2.50 bits per heavy atom. The average molecular weight is 645 g/mol. The van der Waals surface area contributed by atoms with Crippen molar-refractivity contribution in [2.45, 2.75) is 70.5 Å². The molecule has 4 aromatic rings. The first-order chi connectivity index (χ1) is 22.2. The van der Waals surface area contributed by atoms with Crippen molar-refractivity contribution in [1.29, 1.82) is 0 Å². The summed E-state index contributed by atoms with van der Waals surface area (Å²) in [5.74, 6) is 0.845. The maximum absolute atomic E-state index is 11.7. The maximum atomic E-state index is 11.7. The fourth-order valence-electron chi connectivity index (χ4n) is 5.61. The smallest absolute Gasteiger partial charge is 0.137 e. The first kappa shape index (κ1) is 33.7. The molecular formula is C36H46N3O6Si-. The standard InChI is InChI=1S/C36H47N3O6Si/c1-46(2,3)21-20-43-27-39-26-37-33-22-29(10-15-34(33)39)25-45-35-23-38(36(40)41)17-16-32(35)30-11-13-31(14-12-30)44-19-7-18-42-24-28-8-5-4-6-9-28/h4-6,8-15,22,26,32,35H,7,16-21,23-25,27H2,1-3H3,(H,40,41)/p-1. The van der Waals surface area contributed by atoms with Gasteiger partial charge in [-0.05, 0) is 53.4 Å². The molecule has 1 aromatic heterocycles. The molecule has 1 aliphatic rings. The normalized spacial score (nSPS) is 17.0. The molecule has 0 spiro atoms. The number of rotatable bonds is 16. The molecule has 2 heterocycles. The Morgan fingerprint density at radius 1 is 0.935 bits per heavy atom. The lowest BCUT2D eigenvalue weighted by molar-refractivity contribution is -0.268. The number of piperidine rings is 1. The van der Waals surface area contributed by atoms with Crippen LogP contribution in [0.3, 0.4) is 0 Å². The zero-order valence-electron chi connectivity index (χ0n) is 27.2. The number of likely N-dealkylation sites (tertiary alicyclic amines) is 1. The molecule has 46 heavy (non-hydrogen) atoms. The number of carbonyl (C=O) groups is 1. The Hall–Kier alpha value is -3.70. The van der Waals surface area contributed by atoms with Gasteiger partial charge in [0.15, 0.2) is 0 Å². The van der Waals surface area contributed by atoms with Gasteiger partial charge in [-0.3, -0.25) is 0 Å². The van der Waals surface area contributed by atoms with Gasteiger partial charge in [-0.2, -0.15) is 0 Å². The number of nitrogens with zero attached hydrogens (tertiary/aromatic N) is 3. The Kier molecular flexibility index (Phi) is 11.9. The summed E-state index contributed by atoms with van der Waals surface area (Å²) in [4.78, 5) is 17.6. The number of benzene rings is 3.